The van der Waals surface area contributed by atoms with Crippen LogP contribution in [0.4, 0.5) is 0 Å². The number of ether oxygens (including phenoxy) is 4. The second-order valence-electron chi connectivity index (χ2n) is 6.35. The summed E-state index contributed by atoms with van der Waals surface area (Å²) in [6.45, 7) is 4.50. The zero-order valence-corrected chi connectivity index (χ0v) is 14.6. The molecule has 0 N–H and O–H groups in total. The quantitative estimate of drug-likeness (QED) is 0.840. The Hall–Kier alpha value is -2.25. The first-order valence-corrected chi connectivity index (χ1v) is 8.54. The predicted octanol–water partition coefficient (Wildman–Crippen LogP) is 1.66. The van der Waals surface area contributed by atoms with Crippen molar-refractivity contribution < 1.29 is 18.9 Å². The van der Waals surface area contributed by atoms with Gasteiger partial charge in [0.1, 0.15) is 24.8 Å². The van der Waals surface area contributed by atoms with Crippen LogP contribution in [-0.2, 0) is 11.3 Å². The third-order valence-corrected chi connectivity index (χ3v) is 4.56. The van der Waals surface area contributed by atoms with E-state index in [0.29, 0.717) is 19.0 Å². The molecule has 2 aromatic rings. The zero-order valence-electron chi connectivity index (χ0n) is 14.6. The van der Waals surface area contributed by atoms with Crippen molar-refractivity contribution in [3.8, 4) is 28.6 Å². The standard InChI is InChI=1S/C18H23N3O4/c1-20-5-6-23-13(11-20)12-21-4-3-19-18(21)14-9-16-17(10-15(14)22-2)25-8-7-24-16/h3-4,9-10,13H,5-8,11-12H2,1-2H3. The number of likely N-dealkylation sites (N-methyl/N-ethyl adjacent to an activating group) is 1. The Kier molecular flexibility index (Phi) is 4.50. The smallest absolute Gasteiger partial charge is 0.165 e. The lowest BCUT2D eigenvalue weighted by Crippen LogP contribution is -2.41. The summed E-state index contributed by atoms with van der Waals surface area (Å²) in [6.07, 6.45) is 3.93. The Labute approximate surface area is 147 Å². The number of methoxy groups -OCH3 is 1. The number of nitrogens with zero attached hydrogens (tertiary/aromatic N) is 3. The van der Waals surface area contributed by atoms with E-state index >= 15 is 0 Å². The molecule has 2 aliphatic rings. The van der Waals surface area contributed by atoms with Gasteiger partial charge in [-0.25, -0.2) is 4.98 Å². The van der Waals surface area contributed by atoms with Gasteiger partial charge in [0.25, 0.3) is 0 Å². The highest BCUT2D eigenvalue weighted by Gasteiger charge is 2.23. The highest BCUT2D eigenvalue weighted by molar-refractivity contribution is 5.70. The largest absolute Gasteiger partial charge is 0.496 e. The van der Waals surface area contributed by atoms with Crippen LogP contribution in [0.1, 0.15) is 0 Å². The molecule has 0 radical (unpaired) electrons. The van der Waals surface area contributed by atoms with Gasteiger partial charge in [-0.15, -0.1) is 0 Å². The van der Waals surface area contributed by atoms with Gasteiger partial charge in [-0.2, -0.15) is 0 Å². The minimum Gasteiger partial charge on any atom is -0.496 e. The Morgan fingerprint density at radius 2 is 2.00 bits per heavy atom. The van der Waals surface area contributed by atoms with Crippen molar-refractivity contribution in [2.75, 3.05) is 47.1 Å². The number of rotatable bonds is 4. The van der Waals surface area contributed by atoms with Crippen LogP contribution in [0, 0.1) is 0 Å². The average molecular weight is 345 g/mol. The maximum absolute atomic E-state index is 5.89. The minimum absolute atomic E-state index is 0.148. The second-order valence-corrected chi connectivity index (χ2v) is 6.35. The first-order valence-electron chi connectivity index (χ1n) is 8.54. The van der Waals surface area contributed by atoms with Crippen LogP contribution < -0.4 is 14.2 Å². The summed E-state index contributed by atoms with van der Waals surface area (Å²) in [5.74, 6) is 3.00. The van der Waals surface area contributed by atoms with E-state index in [0.717, 1.165) is 49.1 Å². The van der Waals surface area contributed by atoms with Crippen molar-refractivity contribution in [2.24, 2.45) is 0 Å². The summed E-state index contributed by atoms with van der Waals surface area (Å²) in [5, 5.41) is 0. The number of morpholine rings is 1. The van der Waals surface area contributed by atoms with Crippen molar-refractivity contribution in [2.45, 2.75) is 12.6 Å². The van der Waals surface area contributed by atoms with E-state index in [9.17, 15) is 0 Å². The van der Waals surface area contributed by atoms with Gasteiger partial charge in [-0.3, -0.25) is 0 Å². The van der Waals surface area contributed by atoms with Gasteiger partial charge in [-0.1, -0.05) is 0 Å². The molecule has 25 heavy (non-hydrogen) atoms. The highest BCUT2D eigenvalue weighted by atomic mass is 16.6. The Bertz CT molecular complexity index is 746. The van der Waals surface area contributed by atoms with E-state index in [4.69, 9.17) is 18.9 Å². The van der Waals surface area contributed by atoms with Gasteiger partial charge >= 0.3 is 0 Å². The van der Waals surface area contributed by atoms with E-state index in [1.807, 2.05) is 18.3 Å². The molecular weight excluding hydrogens is 322 g/mol. The Balaban J connectivity index is 1.65. The fourth-order valence-electron chi connectivity index (χ4n) is 3.31. The molecule has 0 saturated carbocycles. The number of hydrogen-bond donors (Lipinski definition) is 0. The molecule has 1 aromatic heterocycles. The minimum atomic E-state index is 0.148. The summed E-state index contributed by atoms with van der Waals surface area (Å²) in [7, 11) is 3.77. The molecule has 7 nitrogen and oxygen atoms in total. The monoisotopic (exact) mass is 345 g/mol. The summed E-state index contributed by atoms with van der Waals surface area (Å²) >= 11 is 0. The van der Waals surface area contributed by atoms with Crippen molar-refractivity contribution in [1.29, 1.82) is 0 Å². The van der Waals surface area contributed by atoms with Gasteiger partial charge in [0.2, 0.25) is 0 Å². The van der Waals surface area contributed by atoms with Gasteiger partial charge in [0, 0.05) is 31.5 Å². The topological polar surface area (TPSA) is 58.0 Å². The van der Waals surface area contributed by atoms with E-state index in [-0.39, 0.29) is 6.10 Å². The molecule has 1 fully saturated rings. The number of hydrogen-bond acceptors (Lipinski definition) is 6. The van der Waals surface area contributed by atoms with Crippen LogP contribution in [0.2, 0.25) is 0 Å². The third kappa shape index (κ3) is 3.29. The molecule has 134 valence electrons. The van der Waals surface area contributed by atoms with E-state index in [2.05, 4.69) is 21.5 Å². The third-order valence-electron chi connectivity index (χ3n) is 4.56. The Morgan fingerprint density at radius 3 is 2.76 bits per heavy atom. The summed E-state index contributed by atoms with van der Waals surface area (Å²) in [4.78, 5) is 6.83. The lowest BCUT2D eigenvalue weighted by molar-refractivity contribution is -0.0272. The normalized spacial score (nSPS) is 20.5. The van der Waals surface area contributed by atoms with Crippen LogP contribution in [-0.4, -0.2) is 67.6 Å². The van der Waals surface area contributed by atoms with E-state index in [1.165, 1.54) is 0 Å². The summed E-state index contributed by atoms with van der Waals surface area (Å²) < 4.78 is 24.9. The highest BCUT2D eigenvalue weighted by Crippen LogP contribution is 2.41. The van der Waals surface area contributed by atoms with Gasteiger partial charge in [0.05, 0.1) is 31.9 Å². The van der Waals surface area contributed by atoms with Crippen molar-refractivity contribution >= 4 is 0 Å². The van der Waals surface area contributed by atoms with Gasteiger partial charge < -0.3 is 28.4 Å². The molecular formula is C18H23N3O4. The number of imidazole rings is 1. The van der Waals surface area contributed by atoms with Crippen molar-refractivity contribution in [3.05, 3.63) is 24.5 Å². The SMILES string of the molecule is COc1cc2c(cc1-c1nccn1CC1CN(C)CCO1)OCCO2. The van der Waals surface area contributed by atoms with Crippen LogP contribution in [0.5, 0.6) is 17.2 Å². The van der Waals surface area contributed by atoms with Crippen LogP contribution in [0.25, 0.3) is 11.4 Å². The molecule has 4 rings (SSSR count). The fraction of sp³-hybridized carbons (Fsp3) is 0.500. The van der Waals surface area contributed by atoms with E-state index in [1.54, 1.807) is 13.3 Å². The molecule has 1 unspecified atom stereocenters. The van der Waals surface area contributed by atoms with Crippen LogP contribution in [0.15, 0.2) is 24.5 Å². The van der Waals surface area contributed by atoms with Gasteiger partial charge in [0.15, 0.2) is 11.5 Å². The first kappa shape index (κ1) is 16.2. The van der Waals surface area contributed by atoms with Crippen LogP contribution in [0.3, 0.4) is 0 Å². The number of aromatic nitrogens is 2. The molecule has 0 bridgehead atoms. The average Bonchev–Trinajstić information content (AvgIpc) is 3.08. The number of benzene rings is 1. The Morgan fingerprint density at radius 1 is 1.20 bits per heavy atom. The van der Waals surface area contributed by atoms with Gasteiger partial charge in [-0.05, 0) is 13.1 Å². The molecule has 1 saturated heterocycles. The molecule has 3 heterocycles. The van der Waals surface area contributed by atoms with E-state index < -0.39 is 0 Å². The maximum Gasteiger partial charge on any atom is 0.165 e. The second kappa shape index (κ2) is 6.93. The fourth-order valence-corrected chi connectivity index (χ4v) is 3.31. The predicted molar refractivity (Wildman–Crippen MR) is 92.4 cm³/mol. The lowest BCUT2D eigenvalue weighted by Gasteiger charge is -2.30. The molecule has 0 amide bonds. The molecule has 1 atom stereocenters. The van der Waals surface area contributed by atoms with Crippen molar-refractivity contribution in [3.63, 3.8) is 0 Å². The zero-order chi connectivity index (χ0) is 17.2. The molecule has 7 heteroatoms. The number of fused-ring (bicyclic) bond motifs is 1. The molecule has 2 aliphatic heterocycles. The molecule has 1 aromatic carbocycles. The summed E-state index contributed by atoms with van der Waals surface area (Å²) in [5.41, 5.74) is 0.890. The lowest BCUT2D eigenvalue weighted by atomic mass is 10.1. The molecule has 0 spiro atoms. The van der Waals surface area contributed by atoms with Crippen molar-refractivity contribution in [1.82, 2.24) is 14.5 Å². The van der Waals surface area contributed by atoms with Crippen LogP contribution >= 0.6 is 0 Å². The maximum atomic E-state index is 5.89. The summed E-state index contributed by atoms with van der Waals surface area (Å²) in [6, 6.07) is 3.81. The molecule has 0 aliphatic carbocycles. The first-order chi connectivity index (χ1) is 12.2.